The number of nitrogens with zero attached hydrogens (tertiary/aromatic N) is 2. The molecule has 0 aliphatic carbocycles. The van der Waals surface area contributed by atoms with Gasteiger partial charge in [0.25, 0.3) is 5.91 Å². The highest BCUT2D eigenvalue weighted by atomic mass is 32.2. The Balaban J connectivity index is 1.48. The fourth-order valence-corrected chi connectivity index (χ4v) is 6.19. The molecule has 1 saturated heterocycles. The Morgan fingerprint density at radius 1 is 0.973 bits per heavy atom. The number of likely N-dealkylation sites (N-methyl/N-ethyl adjacent to an activating group) is 1. The Labute approximate surface area is 211 Å². The fourth-order valence-electron chi connectivity index (χ4n) is 4.55. The first-order valence-corrected chi connectivity index (χ1v) is 13.1. The van der Waals surface area contributed by atoms with Crippen LogP contribution in [0.1, 0.15) is 15.9 Å². The van der Waals surface area contributed by atoms with Gasteiger partial charge in [-0.3, -0.25) is 9.59 Å². The summed E-state index contributed by atoms with van der Waals surface area (Å²) in [7, 11) is -1.87. The zero-order valence-electron chi connectivity index (χ0n) is 19.9. The third-order valence-corrected chi connectivity index (χ3v) is 8.59. The number of carbonyl (C=O) groups excluding carboxylic acids is 1. The summed E-state index contributed by atoms with van der Waals surface area (Å²) < 4.78 is 56.9. The number of aromatic nitrogens is 1. The van der Waals surface area contributed by atoms with Gasteiger partial charge in [0.1, 0.15) is 11.6 Å². The Bertz CT molecular complexity index is 1700. The number of carbonyl (C=O) groups is 1. The van der Waals surface area contributed by atoms with Crippen LogP contribution in [0.25, 0.3) is 21.8 Å². The highest BCUT2D eigenvalue weighted by molar-refractivity contribution is 7.89. The lowest BCUT2D eigenvalue weighted by Crippen LogP contribution is -2.47. The zero-order chi connectivity index (χ0) is 26.3. The number of halogens is 2. The summed E-state index contributed by atoms with van der Waals surface area (Å²) in [5.41, 5.74) is -0.554. The summed E-state index contributed by atoms with van der Waals surface area (Å²) in [5.74, 6) is -2.24. The smallest absolute Gasteiger partial charge is 0.253 e. The molecule has 5 rings (SSSR count). The van der Waals surface area contributed by atoms with Crippen molar-refractivity contribution < 1.29 is 22.0 Å². The first-order chi connectivity index (χ1) is 17.7. The van der Waals surface area contributed by atoms with Gasteiger partial charge in [-0.05, 0) is 42.9 Å². The molecule has 0 bridgehead atoms. The molecule has 8 nitrogen and oxygen atoms in total. The van der Waals surface area contributed by atoms with Crippen LogP contribution < -0.4 is 10.7 Å². The van der Waals surface area contributed by atoms with E-state index in [2.05, 4.69) is 10.3 Å². The molecule has 1 amide bonds. The molecule has 37 heavy (non-hydrogen) atoms. The zero-order valence-corrected chi connectivity index (χ0v) is 20.7. The lowest BCUT2D eigenvalue weighted by atomic mass is 10.0. The van der Waals surface area contributed by atoms with Crippen LogP contribution in [0.3, 0.4) is 0 Å². The predicted octanol–water partition coefficient (Wildman–Crippen LogP) is 2.83. The van der Waals surface area contributed by atoms with Crippen molar-refractivity contribution in [3.8, 4) is 0 Å². The Morgan fingerprint density at radius 2 is 1.70 bits per heavy atom. The maximum atomic E-state index is 14.4. The minimum Gasteiger partial charge on any atom is -0.351 e. The van der Waals surface area contributed by atoms with E-state index in [1.165, 1.54) is 28.6 Å². The third-order valence-electron chi connectivity index (χ3n) is 6.59. The molecule has 3 aromatic carbocycles. The van der Waals surface area contributed by atoms with Crippen LogP contribution in [0.4, 0.5) is 8.78 Å². The number of para-hydroxylation sites is 1. The maximum absolute atomic E-state index is 14.4. The number of H-pyrrole nitrogens is 1. The second kappa shape index (κ2) is 9.66. The summed E-state index contributed by atoms with van der Waals surface area (Å²) in [6.45, 7) is 1.77. The highest BCUT2D eigenvalue weighted by Gasteiger charge is 2.29. The summed E-state index contributed by atoms with van der Waals surface area (Å²) in [6, 6.07) is 12.3. The molecule has 1 aromatic heterocycles. The Kier molecular flexibility index (Phi) is 6.52. The largest absolute Gasteiger partial charge is 0.351 e. The molecule has 1 aliphatic rings. The van der Waals surface area contributed by atoms with Gasteiger partial charge < -0.3 is 15.2 Å². The molecular weight excluding hydrogens is 502 g/mol. The number of pyridine rings is 1. The monoisotopic (exact) mass is 526 g/mol. The van der Waals surface area contributed by atoms with Crippen LogP contribution >= 0.6 is 0 Å². The quantitative estimate of drug-likeness (QED) is 0.390. The van der Waals surface area contributed by atoms with Crippen LogP contribution in [-0.2, 0) is 16.6 Å². The summed E-state index contributed by atoms with van der Waals surface area (Å²) in [6.07, 6.45) is 0. The molecule has 0 atom stereocenters. The van der Waals surface area contributed by atoms with E-state index in [0.29, 0.717) is 31.7 Å². The maximum Gasteiger partial charge on any atom is 0.253 e. The van der Waals surface area contributed by atoms with Crippen molar-refractivity contribution in [1.29, 1.82) is 0 Å². The Morgan fingerprint density at radius 3 is 2.46 bits per heavy atom. The van der Waals surface area contributed by atoms with Crippen LogP contribution in [0.15, 0.2) is 64.3 Å². The number of rotatable bonds is 5. The Hall–Kier alpha value is -3.67. The second-order valence-electron chi connectivity index (χ2n) is 8.99. The topological polar surface area (TPSA) is 103 Å². The van der Waals surface area contributed by atoms with E-state index >= 15 is 0 Å². The standard InChI is InChI=1S/C26H24F2N4O4S/c1-31-9-11-32(12-10-31)37(35,36)22-8-3-2-5-16(22)15-29-26(34)20-14-17(27)13-19-23(20)30-24-18(25(19)33)6-4-7-21(24)28/h2-8,13-14H,9-12,15H2,1H3,(H,29,34)(H,30,33). The first kappa shape index (κ1) is 25.0. The molecule has 1 aliphatic heterocycles. The van der Waals surface area contributed by atoms with E-state index in [1.807, 2.05) is 11.9 Å². The second-order valence-corrected chi connectivity index (χ2v) is 10.9. The molecule has 1 fully saturated rings. The predicted molar refractivity (Wildman–Crippen MR) is 136 cm³/mol. The lowest BCUT2D eigenvalue weighted by Gasteiger charge is -2.32. The van der Waals surface area contributed by atoms with Crippen molar-refractivity contribution in [3.63, 3.8) is 0 Å². The van der Waals surface area contributed by atoms with Crippen molar-refractivity contribution in [1.82, 2.24) is 19.5 Å². The summed E-state index contributed by atoms with van der Waals surface area (Å²) in [4.78, 5) is 31.0. The molecule has 0 unspecified atom stereocenters. The molecule has 192 valence electrons. The molecule has 0 radical (unpaired) electrons. The van der Waals surface area contributed by atoms with Crippen LogP contribution in [-0.4, -0.2) is 61.7 Å². The van der Waals surface area contributed by atoms with E-state index in [4.69, 9.17) is 0 Å². The average Bonchev–Trinajstić information content (AvgIpc) is 2.88. The number of nitrogens with one attached hydrogen (secondary N) is 2. The van der Waals surface area contributed by atoms with E-state index in [9.17, 15) is 26.8 Å². The van der Waals surface area contributed by atoms with Crippen molar-refractivity contribution in [2.75, 3.05) is 33.2 Å². The summed E-state index contributed by atoms with van der Waals surface area (Å²) in [5, 5.41) is 2.57. The summed E-state index contributed by atoms with van der Waals surface area (Å²) >= 11 is 0. The minimum atomic E-state index is -3.80. The first-order valence-electron chi connectivity index (χ1n) is 11.7. The molecule has 11 heteroatoms. The van der Waals surface area contributed by atoms with Crippen LogP contribution in [0.5, 0.6) is 0 Å². The van der Waals surface area contributed by atoms with Crippen LogP contribution in [0, 0.1) is 11.6 Å². The number of aromatic amines is 1. The van der Waals surface area contributed by atoms with Gasteiger partial charge >= 0.3 is 0 Å². The van der Waals surface area contributed by atoms with Gasteiger partial charge in [-0.15, -0.1) is 0 Å². The molecule has 2 heterocycles. The number of amides is 1. The number of hydrogen-bond donors (Lipinski definition) is 2. The third kappa shape index (κ3) is 4.61. The average molecular weight is 527 g/mol. The lowest BCUT2D eigenvalue weighted by molar-refractivity contribution is 0.0951. The van der Waals surface area contributed by atoms with E-state index in [-0.39, 0.29) is 38.8 Å². The fraction of sp³-hybridized carbons (Fsp3) is 0.231. The van der Waals surface area contributed by atoms with Gasteiger partial charge in [-0.25, -0.2) is 17.2 Å². The molecule has 2 N–H and O–H groups in total. The number of benzene rings is 3. The van der Waals surface area contributed by atoms with Gasteiger partial charge in [0.2, 0.25) is 10.0 Å². The van der Waals surface area contributed by atoms with E-state index in [1.54, 1.807) is 18.2 Å². The minimum absolute atomic E-state index is 0.0140. The number of sulfonamides is 1. The van der Waals surface area contributed by atoms with Crippen molar-refractivity contribution >= 4 is 37.7 Å². The normalized spacial score (nSPS) is 15.3. The SMILES string of the molecule is CN1CCN(S(=O)(=O)c2ccccc2CNC(=O)c2cc(F)cc3c(=O)c4cccc(F)c4[nH]c23)CC1. The van der Waals surface area contributed by atoms with Crippen LogP contribution in [0.2, 0.25) is 0 Å². The highest BCUT2D eigenvalue weighted by Crippen LogP contribution is 2.24. The molecular formula is C26H24F2N4O4S. The van der Waals surface area contributed by atoms with E-state index in [0.717, 1.165) is 12.1 Å². The van der Waals surface area contributed by atoms with Gasteiger partial charge in [0, 0.05) is 43.5 Å². The number of fused-ring (bicyclic) bond motifs is 2. The van der Waals surface area contributed by atoms with Crippen molar-refractivity contribution in [2.24, 2.45) is 0 Å². The number of hydrogen-bond acceptors (Lipinski definition) is 5. The number of piperazine rings is 1. The van der Waals surface area contributed by atoms with Gasteiger partial charge in [0.05, 0.1) is 21.5 Å². The molecule has 0 spiro atoms. The van der Waals surface area contributed by atoms with E-state index < -0.39 is 33.0 Å². The van der Waals surface area contributed by atoms with Crippen molar-refractivity contribution in [2.45, 2.75) is 11.4 Å². The van der Waals surface area contributed by atoms with Gasteiger partial charge in [-0.2, -0.15) is 4.31 Å². The van der Waals surface area contributed by atoms with Gasteiger partial charge in [-0.1, -0.05) is 24.3 Å². The van der Waals surface area contributed by atoms with Crippen molar-refractivity contribution in [3.05, 3.63) is 87.6 Å². The molecule has 0 saturated carbocycles. The molecule has 4 aromatic rings. The van der Waals surface area contributed by atoms with Gasteiger partial charge in [0.15, 0.2) is 5.43 Å².